The summed E-state index contributed by atoms with van der Waals surface area (Å²) in [4.78, 5) is 23.4. The SMILES string of the molecule is CCNC(=O)NC(=O)C(C)S(=O)c1cc(Br)ccc1N. The monoisotopic (exact) mass is 361 g/mol. The average molecular weight is 362 g/mol. The number of nitrogens with two attached hydrogens (primary N) is 1. The number of amides is 3. The van der Waals surface area contributed by atoms with Crippen LogP contribution in [0.5, 0.6) is 0 Å². The van der Waals surface area contributed by atoms with Crippen molar-refractivity contribution in [1.82, 2.24) is 10.6 Å². The van der Waals surface area contributed by atoms with Crippen molar-refractivity contribution < 1.29 is 13.8 Å². The van der Waals surface area contributed by atoms with Crippen LogP contribution in [-0.2, 0) is 15.6 Å². The minimum absolute atomic E-state index is 0.337. The molecule has 0 aliphatic carbocycles. The van der Waals surface area contributed by atoms with Gasteiger partial charge >= 0.3 is 6.03 Å². The molecule has 20 heavy (non-hydrogen) atoms. The number of anilines is 1. The quantitative estimate of drug-likeness (QED) is 0.704. The molecule has 0 bridgehead atoms. The van der Waals surface area contributed by atoms with Crippen molar-refractivity contribution in [3.63, 3.8) is 0 Å². The highest BCUT2D eigenvalue weighted by molar-refractivity contribution is 9.10. The third-order valence-corrected chi connectivity index (χ3v) is 4.59. The molecular weight excluding hydrogens is 346 g/mol. The van der Waals surface area contributed by atoms with Gasteiger partial charge in [-0.3, -0.25) is 14.3 Å². The Balaban J connectivity index is 2.83. The van der Waals surface area contributed by atoms with Crippen LogP contribution in [0.2, 0.25) is 0 Å². The molecule has 110 valence electrons. The molecule has 1 rings (SSSR count). The van der Waals surface area contributed by atoms with E-state index in [4.69, 9.17) is 5.73 Å². The van der Waals surface area contributed by atoms with Gasteiger partial charge in [0, 0.05) is 16.7 Å². The topological polar surface area (TPSA) is 101 Å². The first-order chi connectivity index (χ1) is 9.36. The zero-order valence-corrected chi connectivity index (χ0v) is 13.5. The lowest BCUT2D eigenvalue weighted by atomic mass is 10.3. The predicted molar refractivity (Wildman–Crippen MR) is 81.6 cm³/mol. The molecule has 2 atom stereocenters. The molecule has 0 aliphatic heterocycles. The Bertz CT molecular complexity index is 551. The number of nitrogen functional groups attached to an aromatic ring is 1. The van der Waals surface area contributed by atoms with Gasteiger partial charge in [-0.2, -0.15) is 0 Å². The average Bonchev–Trinajstić information content (AvgIpc) is 2.40. The van der Waals surface area contributed by atoms with Crippen LogP contribution in [-0.4, -0.2) is 27.9 Å². The highest BCUT2D eigenvalue weighted by Crippen LogP contribution is 2.23. The van der Waals surface area contributed by atoms with Crippen LogP contribution in [0.25, 0.3) is 0 Å². The van der Waals surface area contributed by atoms with Crippen molar-refractivity contribution in [3.8, 4) is 0 Å². The summed E-state index contributed by atoms with van der Waals surface area (Å²) in [5.41, 5.74) is 6.09. The van der Waals surface area contributed by atoms with Gasteiger partial charge < -0.3 is 11.1 Å². The van der Waals surface area contributed by atoms with Gasteiger partial charge in [0.05, 0.1) is 15.7 Å². The zero-order chi connectivity index (χ0) is 15.3. The molecule has 0 aliphatic rings. The molecule has 8 heteroatoms. The van der Waals surface area contributed by atoms with Crippen molar-refractivity contribution in [3.05, 3.63) is 22.7 Å². The Kier molecular flexibility index (Phi) is 6.15. The molecular formula is C12H16BrN3O3S. The Hall–Kier alpha value is -1.41. The largest absolute Gasteiger partial charge is 0.398 e. The molecule has 0 fully saturated rings. The second-order valence-electron chi connectivity index (χ2n) is 3.97. The Morgan fingerprint density at radius 1 is 1.45 bits per heavy atom. The Morgan fingerprint density at radius 2 is 2.10 bits per heavy atom. The molecule has 3 amide bonds. The molecule has 0 saturated carbocycles. The minimum atomic E-state index is -1.65. The Labute approximate surface area is 128 Å². The number of nitrogens with one attached hydrogen (secondary N) is 2. The van der Waals surface area contributed by atoms with E-state index in [2.05, 4.69) is 26.6 Å². The maximum absolute atomic E-state index is 12.3. The van der Waals surface area contributed by atoms with Crippen molar-refractivity contribution in [2.75, 3.05) is 12.3 Å². The van der Waals surface area contributed by atoms with Crippen LogP contribution in [0.3, 0.4) is 0 Å². The smallest absolute Gasteiger partial charge is 0.321 e. The minimum Gasteiger partial charge on any atom is -0.398 e. The fourth-order valence-electron chi connectivity index (χ4n) is 1.39. The number of benzene rings is 1. The van der Waals surface area contributed by atoms with E-state index in [0.29, 0.717) is 21.6 Å². The highest BCUT2D eigenvalue weighted by Gasteiger charge is 2.24. The summed E-state index contributed by atoms with van der Waals surface area (Å²) < 4.78 is 13.0. The second kappa shape index (κ2) is 7.39. The van der Waals surface area contributed by atoms with Crippen LogP contribution in [0, 0.1) is 0 Å². The fourth-order valence-corrected chi connectivity index (χ4v) is 3.08. The lowest BCUT2D eigenvalue weighted by Gasteiger charge is -2.13. The third kappa shape index (κ3) is 4.31. The molecule has 0 saturated heterocycles. The maximum Gasteiger partial charge on any atom is 0.321 e. The van der Waals surface area contributed by atoms with E-state index in [1.807, 2.05) is 0 Å². The molecule has 0 aromatic heterocycles. The van der Waals surface area contributed by atoms with E-state index in [-0.39, 0.29) is 0 Å². The number of urea groups is 1. The fraction of sp³-hybridized carbons (Fsp3) is 0.333. The van der Waals surface area contributed by atoms with Crippen LogP contribution >= 0.6 is 15.9 Å². The number of halogens is 1. The van der Waals surface area contributed by atoms with Crippen LogP contribution in [0.15, 0.2) is 27.6 Å². The molecule has 6 nitrogen and oxygen atoms in total. The number of rotatable bonds is 4. The third-order valence-electron chi connectivity index (χ3n) is 2.46. The van der Waals surface area contributed by atoms with Crippen LogP contribution in [0.4, 0.5) is 10.5 Å². The summed E-state index contributed by atoms with van der Waals surface area (Å²) in [6.07, 6.45) is 0. The molecule has 2 unspecified atom stereocenters. The first-order valence-electron chi connectivity index (χ1n) is 5.91. The summed E-state index contributed by atoms with van der Waals surface area (Å²) >= 11 is 3.26. The van der Waals surface area contributed by atoms with E-state index in [1.54, 1.807) is 25.1 Å². The highest BCUT2D eigenvalue weighted by atomic mass is 79.9. The van der Waals surface area contributed by atoms with Gasteiger partial charge in [0.1, 0.15) is 5.25 Å². The lowest BCUT2D eigenvalue weighted by Crippen LogP contribution is -2.44. The van der Waals surface area contributed by atoms with Gasteiger partial charge in [0.25, 0.3) is 0 Å². The summed E-state index contributed by atoms with van der Waals surface area (Å²) in [7, 11) is -1.65. The van der Waals surface area contributed by atoms with E-state index in [0.717, 1.165) is 0 Å². The first-order valence-corrected chi connectivity index (χ1v) is 7.91. The number of carbonyl (C=O) groups is 2. The van der Waals surface area contributed by atoms with Gasteiger partial charge in [-0.15, -0.1) is 0 Å². The summed E-state index contributed by atoms with van der Waals surface area (Å²) in [5.74, 6) is -0.617. The summed E-state index contributed by atoms with van der Waals surface area (Å²) in [6.45, 7) is 3.61. The lowest BCUT2D eigenvalue weighted by molar-refractivity contribution is -0.119. The zero-order valence-electron chi connectivity index (χ0n) is 11.1. The number of hydrogen-bond acceptors (Lipinski definition) is 4. The normalized spacial score (nSPS) is 13.3. The van der Waals surface area contributed by atoms with Crippen LogP contribution in [0.1, 0.15) is 13.8 Å². The standard InChI is InChI=1S/C12H16BrN3O3S/c1-3-15-12(18)16-11(17)7(2)20(19)10-6-8(13)4-5-9(10)14/h4-7H,3,14H2,1-2H3,(H2,15,16,17,18). The van der Waals surface area contributed by atoms with Crippen LogP contribution < -0.4 is 16.4 Å². The van der Waals surface area contributed by atoms with Gasteiger partial charge in [-0.05, 0) is 32.0 Å². The van der Waals surface area contributed by atoms with Gasteiger partial charge in [0.2, 0.25) is 5.91 Å². The molecule has 4 N–H and O–H groups in total. The molecule has 0 heterocycles. The van der Waals surface area contributed by atoms with Crippen molar-refractivity contribution >= 4 is 44.4 Å². The Morgan fingerprint density at radius 3 is 2.70 bits per heavy atom. The van der Waals surface area contributed by atoms with E-state index >= 15 is 0 Å². The number of carbonyl (C=O) groups excluding carboxylic acids is 2. The molecule has 1 aromatic carbocycles. The van der Waals surface area contributed by atoms with E-state index < -0.39 is 28.0 Å². The molecule has 1 aromatic rings. The predicted octanol–water partition coefficient (Wildman–Crippen LogP) is 1.37. The van der Waals surface area contributed by atoms with E-state index in [1.165, 1.54) is 6.92 Å². The maximum atomic E-state index is 12.3. The molecule has 0 spiro atoms. The van der Waals surface area contributed by atoms with Gasteiger partial charge in [-0.25, -0.2) is 4.79 Å². The summed E-state index contributed by atoms with van der Waals surface area (Å²) in [5, 5.41) is 3.66. The number of imide groups is 1. The van der Waals surface area contributed by atoms with Crippen molar-refractivity contribution in [1.29, 1.82) is 0 Å². The summed E-state index contributed by atoms with van der Waals surface area (Å²) in [6, 6.07) is 4.31. The van der Waals surface area contributed by atoms with E-state index in [9.17, 15) is 13.8 Å². The molecule has 0 radical (unpaired) electrons. The van der Waals surface area contributed by atoms with Gasteiger partial charge in [0.15, 0.2) is 0 Å². The van der Waals surface area contributed by atoms with Crippen molar-refractivity contribution in [2.45, 2.75) is 24.0 Å². The second-order valence-corrected chi connectivity index (χ2v) is 6.63. The van der Waals surface area contributed by atoms with Gasteiger partial charge in [-0.1, -0.05) is 15.9 Å². The number of hydrogen-bond donors (Lipinski definition) is 3. The first kappa shape index (κ1) is 16.6. The van der Waals surface area contributed by atoms with Crippen molar-refractivity contribution in [2.24, 2.45) is 0 Å².